The zero-order valence-corrected chi connectivity index (χ0v) is 22.0. The van der Waals surface area contributed by atoms with E-state index in [-0.39, 0.29) is 60.3 Å². The van der Waals surface area contributed by atoms with Crippen LogP contribution in [-0.4, -0.2) is 59.8 Å². The first kappa shape index (κ1) is 26.6. The average Bonchev–Trinajstić information content (AvgIpc) is 3.14. The maximum atomic E-state index is 12.8. The van der Waals surface area contributed by atoms with Gasteiger partial charge in [-0.1, -0.05) is 40.2 Å². The van der Waals surface area contributed by atoms with E-state index in [4.69, 9.17) is 18.9 Å². The molecule has 3 aliphatic heterocycles. The molecule has 11 unspecified atom stereocenters. The van der Waals surface area contributed by atoms with Crippen LogP contribution in [0.1, 0.15) is 79.6 Å². The summed E-state index contributed by atoms with van der Waals surface area (Å²) in [6, 6.07) is 0. The summed E-state index contributed by atoms with van der Waals surface area (Å²) in [6.07, 6.45) is 2.44. The van der Waals surface area contributed by atoms with E-state index >= 15 is 0 Å². The molecule has 0 spiro atoms. The van der Waals surface area contributed by atoms with Crippen LogP contribution in [0, 0.1) is 29.6 Å². The number of ether oxygens (including phenoxy) is 4. The molecule has 7 heteroatoms. The molecule has 4 aliphatic rings. The minimum atomic E-state index is -0.923. The maximum Gasteiger partial charge on any atom is 0.306 e. The Labute approximate surface area is 209 Å². The molecule has 1 N–H and O–H groups in total. The van der Waals surface area contributed by atoms with Crippen molar-refractivity contribution in [1.29, 1.82) is 0 Å². The molecule has 2 bridgehead atoms. The summed E-state index contributed by atoms with van der Waals surface area (Å²) in [4.78, 5) is 24.9. The lowest BCUT2D eigenvalue weighted by Gasteiger charge is -2.47. The van der Waals surface area contributed by atoms with Crippen molar-refractivity contribution < 1.29 is 33.6 Å². The van der Waals surface area contributed by atoms with E-state index in [1.54, 1.807) is 0 Å². The molecule has 0 amide bonds. The lowest BCUT2D eigenvalue weighted by molar-refractivity contribution is -0.205. The highest BCUT2D eigenvalue weighted by atomic mass is 16.6. The van der Waals surface area contributed by atoms with Crippen molar-refractivity contribution in [1.82, 2.24) is 0 Å². The van der Waals surface area contributed by atoms with Gasteiger partial charge in [-0.25, -0.2) is 0 Å². The summed E-state index contributed by atoms with van der Waals surface area (Å²) in [5, 5.41) is 11.1. The number of unbranched alkanes of at least 4 members (excludes halogenated alkanes) is 2. The lowest BCUT2D eigenvalue weighted by atomic mass is 9.59. The van der Waals surface area contributed by atoms with E-state index in [1.807, 2.05) is 6.92 Å². The topological polar surface area (TPSA) is 91.3 Å². The Hall–Kier alpha value is -1.44. The van der Waals surface area contributed by atoms with Gasteiger partial charge < -0.3 is 24.1 Å². The van der Waals surface area contributed by atoms with E-state index in [0.717, 1.165) is 25.7 Å². The van der Waals surface area contributed by atoms with Crippen LogP contribution in [-0.2, 0) is 28.5 Å². The van der Waals surface area contributed by atoms with Crippen molar-refractivity contribution in [2.45, 2.75) is 116 Å². The third-order valence-corrected chi connectivity index (χ3v) is 9.15. The van der Waals surface area contributed by atoms with Gasteiger partial charge >= 0.3 is 11.9 Å². The quantitative estimate of drug-likeness (QED) is 0.337. The van der Waals surface area contributed by atoms with Crippen LogP contribution in [0.25, 0.3) is 0 Å². The Kier molecular flexibility index (Phi) is 7.99. The number of rotatable bonds is 6. The van der Waals surface area contributed by atoms with Crippen molar-refractivity contribution in [2.75, 3.05) is 6.61 Å². The zero-order valence-electron chi connectivity index (χ0n) is 22.0. The number of aliphatic hydroxyl groups is 1. The number of hydrogen-bond donors (Lipinski definition) is 1. The molecule has 4 rings (SSSR count). The van der Waals surface area contributed by atoms with Crippen LogP contribution < -0.4 is 0 Å². The predicted molar refractivity (Wildman–Crippen MR) is 130 cm³/mol. The fourth-order valence-electron chi connectivity index (χ4n) is 7.25. The highest BCUT2D eigenvalue weighted by Crippen LogP contribution is 2.58. The number of hydrogen-bond acceptors (Lipinski definition) is 7. The first-order chi connectivity index (χ1) is 16.6. The predicted octanol–water partition coefficient (Wildman–Crippen LogP) is 4.20. The van der Waals surface area contributed by atoms with Crippen LogP contribution in [0.5, 0.6) is 0 Å². The molecule has 3 saturated heterocycles. The van der Waals surface area contributed by atoms with Crippen LogP contribution >= 0.6 is 0 Å². The van der Waals surface area contributed by atoms with Gasteiger partial charge in [-0.2, -0.15) is 0 Å². The molecule has 0 aromatic carbocycles. The second-order valence-electron chi connectivity index (χ2n) is 11.7. The van der Waals surface area contributed by atoms with Gasteiger partial charge in [0.05, 0.1) is 24.9 Å². The Balaban J connectivity index is 1.73. The normalized spacial score (nSPS) is 45.0. The van der Waals surface area contributed by atoms with E-state index in [2.05, 4.69) is 27.4 Å². The van der Waals surface area contributed by atoms with Crippen molar-refractivity contribution in [2.24, 2.45) is 29.6 Å². The number of carbonyl (C=O) groups is 2. The molecule has 0 radical (unpaired) electrons. The fraction of sp³-hybridized carbons (Fsp3) is 0.857. The largest absolute Gasteiger partial charge is 0.462 e. The van der Waals surface area contributed by atoms with Crippen LogP contribution in [0.4, 0.5) is 0 Å². The lowest BCUT2D eigenvalue weighted by Crippen LogP contribution is -2.58. The van der Waals surface area contributed by atoms with Gasteiger partial charge in [0.25, 0.3) is 0 Å². The average molecular weight is 493 g/mol. The summed E-state index contributed by atoms with van der Waals surface area (Å²) in [7, 11) is 0. The molecule has 4 fully saturated rings. The monoisotopic (exact) mass is 492 g/mol. The summed E-state index contributed by atoms with van der Waals surface area (Å²) in [6.45, 7) is 14.6. The van der Waals surface area contributed by atoms with Gasteiger partial charge in [-0.15, -0.1) is 0 Å². The number of aliphatic hydroxyl groups excluding tert-OH is 1. The summed E-state index contributed by atoms with van der Waals surface area (Å²) >= 11 is 0. The Morgan fingerprint density at radius 3 is 2.57 bits per heavy atom. The van der Waals surface area contributed by atoms with Crippen LogP contribution in [0.3, 0.4) is 0 Å². The molecule has 1 aliphatic carbocycles. The van der Waals surface area contributed by atoms with E-state index in [9.17, 15) is 14.7 Å². The summed E-state index contributed by atoms with van der Waals surface area (Å²) < 4.78 is 25.4. The molecule has 11 atom stereocenters. The Morgan fingerprint density at radius 1 is 1.14 bits per heavy atom. The van der Waals surface area contributed by atoms with Gasteiger partial charge in [0, 0.05) is 31.6 Å². The Morgan fingerprint density at radius 2 is 1.89 bits per heavy atom. The minimum absolute atomic E-state index is 0.0240. The third-order valence-electron chi connectivity index (χ3n) is 9.15. The maximum absolute atomic E-state index is 12.8. The Bertz CT molecular complexity index is 811. The highest BCUT2D eigenvalue weighted by Gasteiger charge is 2.65. The molecule has 1 saturated carbocycles. The molecule has 3 heterocycles. The number of fused-ring (bicyclic) bond motifs is 2. The fourth-order valence-corrected chi connectivity index (χ4v) is 7.25. The van der Waals surface area contributed by atoms with E-state index in [0.29, 0.717) is 30.9 Å². The molecule has 0 aromatic heterocycles. The van der Waals surface area contributed by atoms with Gasteiger partial charge in [0.15, 0.2) is 0 Å². The second-order valence-corrected chi connectivity index (χ2v) is 11.7. The summed E-state index contributed by atoms with van der Waals surface area (Å²) in [5.41, 5.74) is -0.261. The molecule has 198 valence electrons. The van der Waals surface area contributed by atoms with Crippen molar-refractivity contribution in [3.05, 3.63) is 12.2 Å². The standard InChI is InChI=1S/C28H44O7/c1-7-8-9-10-23(31)35-22-13-20(30)15(2)12-21-25-24-19(11-16(3)26(25)33-18(5)29)17(4)14-32-28(22,6)27(24)34-21/h16-17,19-22,24-27,30H,2,7-14H2,1,3-6H3. The van der Waals surface area contributed by atoms with Crippen LogP contribution in [0.2, 0.25) is 0 Å². The van der Waals surface area contributed by atoms with Gasteiger partial charge in [-0.05, 0) is 49.5 Å². The molecule has 0 aromatic rings. The first-order valence-corrected chi connectivity index (χ1v) is 13.6. The van der Waals surface area contributed by atoms with Crippen molar-refractivity contribution in [3.63, 3.8) is 0 Å². The zero-order chi connectivity index (χ0) is 25.5. The summed E-state index contributed by atoms with van der Waals surface area (Å²) in [5.74, 6) is 0.349. The van der Waals surface area contributed by atoms with E-state index in [1.165, 1.54) is 6.92 Å². The SMILES string of the molecule is C=C1CC2OC3C4C(CC(C)C(OC(C)=O)C24)C(C)COC3(C)C(OC(=O)CCCCC)CC1O. The second kappa shape index (κ2) is 10.5. The smallest absolute Gasteiger partial charge is 0.306 e. The number of esters is 2. The molecule has 35 heavy (non-hydrogen) atoms. The molecule has 7 nitrogen and oxygen atoms in total. The van der Waals surface area contributed by atoms with E-state index < -0.39 is 17.8 Å². The minimum Gasteiger partial charge on any atom is -0.462 e. The van der Waals surface area contributed by atoms with Gasteiger partial charge in [0.2, 0.25) is 0 Å². The van der Waals surface area contributed by atoms with Crippen molar-refractivity contribution >= 4 is 11.9 Å². The van der Waals surface area contributed by atoms with Gasteiger partial charge in [0.1, 0.15) is 17.8 Å². The third kappa shape index (κ3) is 5.05. The number of carbonyl (C=O) groups excluding carboxylic acids is 2. The highest BCUT2D eigenvalue weighted by molar-refractivity contribution is 5.69. The molecular weight excluding hydrogens is 448 g/mol. The van der Waals surface area contributed by atoms with Gasteiger partial charge in [-0.3, -0.25) is 9.59 Å². The van der Waals surface area contributed by atoms with Crippen molar-refractivity contribution in [3.8, 4) is 0 Å². The first-order valence-electron chi connectivity index (χ1n) is 13.6. The molecular formula is C28H44O7. The van der Waals surface area contributed by atoms with Crippen LogP contribution in [0.15, 0.2) is 12.2 Å².